The van der Waals surface area contributed by atoms with E-state index in [1.165, 1.54) is 0 Å². The second-order valence-electron chi connectivity index (χ2n) is 7.28. The molecule has 0 saturated heterocycles. The molecule has 0 saturated carbocycles. The molecular weight excluding hydrogens is 378 g/mol. The number of aryl methyl sites for hydroxylation is 2. The number of aromatic nitrogens is 4. The number of hydrogen-bond acceptors (Lipinski definition) is 5. The molecule has 2 heterocycles. The fraction of sp³-hybridized carbons (Fsp3) is 0.217. The van der Waals surface area contributed by atoms with E-state index >= 15 is 0 Å². The van der Waals surface area contributed by atoms with E-state index in [-0.39, 0.29) is 5.91 Å². The number of carbonyl (C=O) groups excluding carboxylic acids is 1. The van der Waals surface area contributed by atoms with Crippen LogP contribution in [0.1, 0.15) is 33.1 Å². The Bertz CT molecular complexity index is 1180. The van der Waals surface area contributed by atoms with Crippen LogP contribution in [0, 0.1) is 20.8 Å². The fourth-order valence-electron chi connectivity index (χ4n) is 3.42. The molecule has 4 rings (SSSR count). The van der Waals surface area contributed by atoms with Crippen molar-refractivity contribution in [3.63, 3.8) is 0 Å². The van der Waals surface area contributed by atoms with E-state index in [1.54, 1.807) is 31.0 Å². The van der Waals surface area contributed by atoms with Crippen LogP contribution in [0.25, 0.3) is 17.1 Å². The fourth-order valence-corrected chi connectivity index (χ4v) is 3.42. The molecule has 0 radical (unpaired) electrons. The molecule has 152 valence electrons. The summed E-state index contributed by atoms with van der Waals surface area (Å²) in [5, 5.41) is 8.46. The Kier molecular flexibility index (Phi) is 5.18. The first kappa shape index (κ1) is 19.6. The van der Waals surface area contributed by atoms with Crippen molar-refractivity contribution in [1.82, 2.24) is 24.8 Å². The highest BCUT2D eigenvalue weighted by Crippen LogP contribution is 2.21. The van der Waals surface area contributed by atoms with Gasteiger partial charge in [-0.15, -0.1) is 0 Å². The highest BCUT2D eigenvalue weighted by molar-refractivity contribution is 5.94. The highest BCUT2D eigenvalue weighted by atomic mass is 16.5. The van der Waals surface area contributed by atoms with Crippen LogP contribution in [0.2, 0.25) is 0 Å². The molecule has 7 heteroatoms. The Hall–Kier alpha value is -3.74. The molecule has 0 fully saturated rings. The number of carbonyl (C=O) groups is 1. The molecule has 7 nitrogen and oxygen atoms in total. The van der Waals surface area contributed by atoms with Gasteiger partial charge in [-0.2, -0.15) is 10.1 Å². The van der Waals surface area contributed by atoms with Crippen LogP contribution < -0.4 is 0 Å². The van der Waals surface area contributed by atoms with Gasteiger partial charge in [0.15, 0.2) is 5.82 Å². The van der Waals surface area contributed by atoms with Crippen molar-refractivity contribution in [1.29, 1.82) is 0 Å². The van der Waals surface area contributed by atoms with Gasteiger partial charge in [0.1, 0.15) is 0 Å². The summed E-state index contributed by atoms with van der Waals surface area (Å²) in [6.07, 6.45) is 0. The summed E-state index contributed by atoms with van der Waals surface area (Å²) in [7, 11) is 1.80. The summed E-state index contributed by atoms with van der Waals surface area (Å²) in [5.41, 5.74) is 5.38. The monoisotopic (exact) mass is 401 g/mol. The smallest absolute Gasteiger partial charge is 0.257 e. The van der Waals surface area contributed by atoms with Gasteiger partial charge in [-0.3, -0.25) is 4.79 Å². The lowest BCUT2D eigenvalue weighted by Crippen LogP contribution is -2.26. The molecule has 0 atom stereocenters. The van der Waals surface area contributed by atoms with Crippen molar-refractivity contribution >= 4 is 5.91 Å². The zero-order valence-electron chi connectivity index (χ0n) is 17.5. The quantitative estimate of drug-likeness (QED) is 0.503. The van der Waals surface area contributed by atoms with Gasteiger partial charge in [0.25, 0.3) is 11.8 Å². The van der Waals surface area contributed by atoms with Gasteiger partial charge in [0.05, 0.1) is 11.4 Å². The third-order valence-corrected chi connectivity index (χ3v) is 5.09. The van der Waals surface area contributed by atoms with Crippen molar-refractivity contribution in [3.05, 3.63) is 82.9 Å². The molecule has 0 spiro atoms. The first-order valence-electron chi connectivity index (χ1n) is 9.71. The van der Waals surface area contributed by atoms with Gasteiger partial charge in [0, 0.05) is 36.0 Å². The minimum Gasteiger partial charge on any atom is -0.337 e. The van der Waals surface area contributed by atoms with Crippen LogP contribution >= 0.6 is 0 Å². The number of nitrogens with zero attached hydrogens (tertiary/aromatic N) is 5. The third-order valence-electron chi connectivity index (χ3n) is 5.09. The Morgan fingerprint density at radius 1 is 1.03 bits per heavy atom. The lowest BCUT2D eigenvalue weighted by molar-refractivity contribution is 0.0784. The molecule has 2 aromatic heterocycles. The summed E-state index contributed by atoms with van der Waals surface area (Å²) in [5.74, 6) is 0.959. The lowest BCUT2D eigenvalue weighted by atomic mass is 10.1. The van der Waals surface area contributed by atoms with E-state index in [9.17, 15) is 4.79 Å². The molecule has 2 aromatic carbocycles. The minimum absolute atomic E-state index is 0.0606. The largest absolute Gasteiger partial charge is 0.337 e. The molecule has 0 bridgehead atoms. The molecule has 0 aliphatic rings. The maximum Gasteiger partial charge on any atom is 0.257 e. The molecule has 0 N–H and O–H groups in total. The first-order valence-corrected chi connectivity index (χ1v) is 9.71. The zero-order valence-corrected chi connectivity index (χ0v) is 17.5. The van der Waals surface area contributed by atoms with Gasteiger partial charge in [-0.1, -0.05) is 23.4 Å². The van der Waals surface area contributed by atoms with Gasteiger partial charge in [0.2, 0.25) is 0 Å². The Labute approximate surface area is 175 Å². The topological polar surface area (TPSA) is 77.0 Å². The Morgan fingerprint density at radius 2 is 1.73 bits per heavy atom. The van der Waals surface area contributed by atoms with Crippen LogP contribution in [-0.2, 0) is 6.54 Å². The SMILES string of the molecule is Cc1noc(-c2ccc(C(=O)N(C)Cc3c(C)nn(-c4ccccc4)c3C)cc2)n1. The van der Waals surface area contributed by atoms with Crippen LogP contribution in [0.3, 0.4) is 0 Å². The van der Waals surface area contributed by atoms with Crippen molar-refractivity contribution in [2.24, 2.45) is 0 Å². The van der Waals surface area contributed by atoms with Crippen molar-refractivity contribution < 1.29 is 9.32 Å². The standard InChI is InChI=1S/C23H23N5O2/c1-15-21(16(2)28(25-15)20-8-6-5-7-9-20)14-27(4)23(29)19-12-10-18(11-13-19)22-24-17(3)26-30-22/h5-13H,14H2,1-4H3. The number of amides is 1. The van der Waals surface area contributed by atoms with Gasteiger partial charge in [-0.05, 0) is 57.2 Å². The minimum atomic E-state index is -0.0606. The highest BCUT2D eigenvalue weighted by Gasteiger charge is 2.18. The number of benzene rings is 2. The van der Waals surface area contributed by atoms with Gasteiger partial charge in [-0.25, -0.2) is 4.68 Å². The van der Waals surface area contributed by atoms with E-state index in [2.05, 4.69) is 15.2 Å². The predicted molar refractivity (Wildman–Crippen MR) is 113 cm³/mol. The van der Waals surface area contributed by atoms with Gasteiger partial charge >= 0.3 is 0 Å². The number of hydrogen-bond donors (Lipinski definition) is 0. The normalized spacial score (nSPS) is 10.9. The second kappa shape index (κ2) is 7.94. The third kappa shape index (κ3) is 3.74. The van der Waals surface area contributed by atoms with Crippen LogP contribution in [0.4, 0.5) is 0 Å². The van der Waals surface area contributed by atoms with E-state index in [4.69, 9.17) is 4.52 Å². The van der Waals surface area contributed by atoms with Gasteiger partial charge < -0.3 is 9.42 Å². The van der Waals surface area contributed by atoms with Crippen molar-refractivity contribution in [2.75, 3.05) is 7.05 Å². The van der Waals surface area contributed by atoms with E-state index in [0.717, 1.165) is 28.2 Å². The molecule has 0 aliphatic carbocycles. The summed E-state index contributed by atoms with van der Waals surface area (Å²) >= 11 is 0. The first-order chi connectivity index (χ1) is 14.4. The molecule has 0 unspecified atom stereocenters. The molecular formula is C23H23N5O2. The number of para-hydroxylation sites is 1. The summed E-state index contributed by atoms with van der Waals surface area (Å²) < 4.78 is 7.10. The molecule has 1 amide bonds. The van der Waals surface area contributed by atoms with E-state index in [0.29, 0.717) is 23.8 Å². The van der Waals surface area contributed by atoms with E-state index < -0.39 is 0 Å². The average molecular weight is 401 g/mol. The van der Waals surface area contributed by atoms with Crippen LogP contribution in [0.15, 0.2) is 59.1 Å². The maximum atomic E-state index is 12.9. The summed E-state index contributed by atoms with van der Waals surface area (Å²) in [6.45, 7) is 6.25. The zero-order chi connectivity index (χ0) is 21.3. The average Bonchev–Trinajstić information content (AvgIpc) is 3.32. The van der Waals surface area contributed by atoms with E-state index in [1.807, 2.05) is 61.0 Å². The van der Waals surface area contributed by atoms with Crippen LogP contribution in [0.5, 0.6) is 0 Å². The second-order valence-corrected chi connectivity index (χ2v) is 7.28. The predicted octanol–water partition coefficient (Wildman–Crippen LogP) is 4.12. The Balaban J connectivity index is 1.52. The summed E-state index contributed by atoms with van der Waals surface area (Å²) in [6, 6.07) is 17.2. The van der Waals surface area contributed by atoms with Crippen molar-refractivity contribution in [2.45, 2.75) is 27.3 Å². The molecule has 30 heavy (non-hydrogen) atoms. The summed E-state index contributed by atoms with van der Waals surface area (Å²) in [4.78, 5) is 18.9. The number of rotatable bonds is 5. The Morgan fingerprint density at radius 3 is 2.37 bits per heavy atom. The molecule has 4 aromatic rings. The van der Waals surface area contributed by atoms with Crippen molar-refractivity contribution in [3.8, 4) is 17.1 Å². The molecule has 0 aliphatic heterocycles. The lowest BCUT2D eigenvalue weighted by Gasteiger charge is -2.18. The van der Waals surface area contributed by atoms with Crippen LogP contribution in [-0.4, -0.2) is 37.8 Å². The maximum absolute atomic E-state index is 12.9.